The fraction of sp³-hybridized carbons (Fsp3) is 0.800. The fourth-order valence-corrected chi connectivity index (χ4v) is 1.38. The van der Waals surface area contributed by atoms with Gasteiger partial charge in [0.1, 0.15) is 0 Å². The van der Waals surface area contributed by atoms with E-state index in [0.717, 1.165) is 31.9 Å². The molecule has 0 spiro atoms. The second kappa shape index (κ2) is 6.53. The van der Waals surface area contributed by atoms with Crippen LogP contribution in [-0.2, 0) is 6.42 Å². The molecule has 0 aliphatic rings. The van der Waals surface area contributed by atoms with E-state index in [1.54, 1.807) is 0 Å². The lowest BCUT2D eigenvalue weighted by Gasteiger charge is -2.18. The van der Waals surface area contributed by atoms with Crippen molar-refractivity contribution in [2.75, 3.05) is 19.6 Å². The molecular weight excluding hydrogens is 192 g/mol. The van der Waals surface area contributed by atoms with Crippen molar-refractivity contribution in [2.45, 2.75) is 20.3 Å². The van der Waals surface area contributed by atoms with Gasteiger partial charge in [0.15, 0.2) is 5.82 Å². The molecule has 1 atom stereocenters. The number of hydrogen-bond acceptors (Lipinski definition) is 5. The Labute approximate surface area is 90.4 Å². The maximum Gasteiger partial charge on any atom is 0.213 e. The molecule has 1 aromatic heterocycles. The molecule has 3 N–H and O–H groups in total. The zero-order chi connectivity index (χ0) is 11.1. The Balaban J connectivity index is 2.10. The molecule has 0 aliphatic carbocycles. The van der Waals surface area contributed by atoms with Crippen molar-refractivity contribution >= 4 is 0 Å². The lowest BCUT2D eigenvalue weighted by molar-refractivity contribution is 0.370. The van der Waals surface area contributed by atoms with Gasteiger partial charge in [-0.2, -0.15) is 4.98 Å². The summed E-state index contributed by atoms with van der Waals surface area (Å²) < 4.78 is 4.64. The minimum Gasteiger partial charge on any atom is -0.343 e. The Bertz CT molecular complexity index is 248. The third-order valence-corrected chi connectivity index (χ3v) is 2.58. The Kier molecular flexibility index (Phi) is 5.28. The topological polar surface area (TPSA) is 77.0 Å². The van der Waals surface area contributed by atoms with Crippen LogP contribution in [-0.4, -0.2) is 29.8 Å². The fourth-order valence-electron chi connectivity index (χ4n) is 1.38. The maximum atomic E-state index is 5.67. The molecule has 0 amide bonds. The minimum atomic E-state index is 0.537. The van der Waals surface area contributed by atoms with E-state index in [9.17, 15) is 0 Å². The number of aromatic nitrogens is 2. The van der Waals surface area contributed by atoms with Crippen LogP contribution in [0, 0.1) is 11.8 Å². The van der Waals surface area contributed by atoms with Crippen LogP contribution >= 0.6 is 0 Å². The average molecular weight is 212 g/mol. The SMILES string of the molecule is CC(C)C(CN)CNCCc1ncon1. The summed E-state index contributed by atoms with van der Waals surface area (Å²) in [5, 5.41) is 7.09. The Morgan fingerprint density at radius 3 is 2.87 bits per heavy atom. The maximum absolute atomic E-state index is 5.67. The number of nitrogens with one attached hydrogen (secondary N) is 1. The molecule has 1 heterocycles. The molecular formula is C10H20N4O. The van der Waals surface area contributed by atoms with Crippen molar-refractivity contribution in [3.8, 4) is 0 Å². The summed E-state index contributed by atoms with van der Waals surface area (Å²) in [6.45, 7) is 6.93. The highest BCUT2D eigenvalue weighted by atomic mass is 16.5. The summed E-state index contributed by atoms with van der Waals surface area (Å²) >= 11 is 0. The predicted molar refractivity (Wildman–Crippen MR) is 58.3 cm³/mol. The van der Waals surface area contributed by atoms with E-state index in [-0.39, 0.29) is 0 Å². The third-order valence-electron chi connectivity index (χ3n) is 2.58. The zero-order valence-electron chi connectivity index (χ0n) is 9.44. The molecule has 0 saturated heterocycles. The van der Waals surface area contributed by atoms with Crippen LogP contribution in [0.5, 0.6) is 0 Å². The van der Waals surface area contributed by atoms with Gasteiger partial charge < -0.3 is 15.6 Å². The highest BCUT2D eigenvalue weighted by Gasteiger charge is 2.10. The molecule has 0 radical (unpaired) electrons. The molecule has 0 bridgehead atoms. The summed E-state index contributed by atoms with van der Waals surface area (Å²) in [5.74, 6) is 1.90. The van der Waals surface area contributed by atoms with Crippen LogP contribution in [0.4, 0.5) is 0 Å². The van der Waals surface area contributed by atoms with E-state index < -0.39 is 0 Å². The molecule has 86 valence electrons. The molecule has 1 aromatic rings. The number of rotatable bonds is 7. The van der Waals surface area contributed by atoms with E-state index in [4.69, 9.17) is 5.73 Å². The average Bonchev–Trinajstić information content (AvgIpc) is 2.70. The van der Waals surface area contributed by atoms with Gasteiger partial charge >= 0.3 is 0 Å². The Morgan fingerprint density at radius 1 is 1.53 bits per heavy atom. The quantitative estimate of drug-likeness (QED) is 0.641. The zero-order valence-corrected chi connectivity index (χ0v) is 9.44. The highest BCUT2D eigenvalue weighted by molar-refractivity contribution is 4.79. The molecule has 0 aromatic carbocycles. The van der Waals surface area contributed by atoms with Crippen molar-refractivity contribution in [3.05, 3.63) is 12.2 Å². The number of nitrogens with zero attached hydrogens (tertiary/aromatic N) is 2. The summed E-state index contributed by atoms with van der Waals surface area (Å²) in [7, 11) is 0. The monoisotopic (exact) mass is 212 g/mol. The standard InChI is InChI=1S/C10H20N4O/c1-8(2)9(5-11)6-12-4-3-10-13-7-15-14-10/h7-9,12H,3-6,11H2,1-2H3. The minimum absolute atomic E-state index is 0.537. The lowest BCUT2D eigenvalue weighted by Crippen LogP contribution is -2.32. The van der Waals surface area contributed by atoms with Crippen LogP contribution < -0.4 is 11.1 Å². The van der Waals surface area contributed by atoms with E-state index in [0.29, 0.717) is 11.8 Å². The van der Waals surface area contributed by atoms with E-state index in [1.165, 1.54) is 6.39 Å². The van der Waals surface area contributed by atoms with Gasteiger partial charge in [-0.1, -0.05) is 19.0 Å². The molecule has 1 unspecified atom stereocenters. The largest absolute Gasteiger partial charge is 0.343 e. The van der Waals surface area contributed by atoms with Crippen molar-refractivity contribution in [1.29, 1.82) is 0 Å². The van der Waals surface area contributed by atoms with Gasteiger partial charge in [0.05, 0.1) is 0 Å². The van der Waals surface area contributed by atoms with Crippen molar-refractivity contribution in [3.63, 3.8) is 0 Å². The predicted octanol–water partition coefficient (Wildman–Crippen LogP) is 0.433. The first kappa shape index (κ1) is 12.1. The molecule has 0 fully saturated rings. The van der Waals surface area contributed by atoms with Crippen LogP contribution in [0.2, 0.25) is 0 Å². The van der Waals surface area contributed by atoms with Crippen LogP contribution in [0.3, 0.4) is 0 Å². The smallest absolute Gasteiger partial charge is 0.213 e. The van der Waals surface area contributed by atoms with E-state index >= 15 is 0 Å². The number of hydrogen-bond donors (Lipinski definition) is 2. The Morgan fingerprint density at radius 2 is 2.33 bits per heavy atom. The number of nitrogens with two attached hydrogens (primary N) is 1. The molecule has 15 heavy (non-hydrogen) atoms. The van der Waals surface area contributed by atoms with E-state index in [1.807, 2.05) is 0 Å². The summed E-state index contributed by atoms with van der Waals surface area (Å²) in [4.78, 5) is 3.95. The van der Waals surface area contributed by atoms with Gasteiger partial charge in [-0.05, 0) is 24.9 Å². The van der Waals surface area contributed by atoms with Gasteiger partial charge in [0, 0.05) is 13.0 Å². The highest BCUT2D eigenvalue weighted by Crippen LogP contribution is 2.07. The molecule has 5 heteroatoms. The van der Waals surface area contributed by atoms with Crippen molar-refractivity contribution in [2.24, 2.45) is 17.6 Å². The normalized spacial score (nSPS) is 13.3. The first-order valence-corrected chi connectivity index (χ1v) is 5.40. The molecule has 1 rings (SSSR count). The first-order chi connectivity index (χ1) is 7.24. The second-order valence-corrected chi connectivity index (χ2v) is 4.04. The first-order valence-electron chi connectivity index (χ1n) is 5.40. The van der Waals surface area contributed by atoms with E-state index in [2.05, 4.69) is 33.8 Å². The molecule has 0 aliphatic heterocycles. The third kappa shape index (κ3) is 4.40. The molecule has 0 saturated carbocycles. The summed E-state index contributed by atoms with van der Waals surface area (Å²) in [6.07, 6.45) is 2.15. The van der Waals surface area contributed by atoms with Crippen LogP contribution in [0.25, 0.3) is 0 Å². The van der Waals surface area contributed by atoms with Crippen LogP contribution in [0.1, 0.15) is 19.7 Å². The van der Waals surface area contributed by atoms with Crippen LogP contribution in [0.15, 0.2) is 10.9 Å². The van der Waals surface area contributed by atoms with Gasteiger partial charge in [-0.15, -0.1) is 0 Å². The van der Waals surface area contributed by atoms with Crippen molar-refractivity contribution in [1.82, 2.24) is 15.5 Å². The van der Waals surface area contributed by atoms with Crippen molar-refractivity contribution < 1.29 is 4.52 Å². The van der Waals surface area contributed by atoms with Gasteiger partial charge in [0.2, 0.25) is 6.39 Å². The molecule has 5 nitrogen and oxygen atoms in total. The van der Waals surface area contributed by atoms with Gasteiger partial charge in [-0.25, -0.2) is 0 Å². The van der Waals surface area contributed by atoms with Gasteiger partial charge in [0.25, 0.3) is 0 Å². The second-order valence-electron chi connectivity index (χ2n) is 4.04. The lowest BCUT2D eigenvalue weighted by atomic mass is 9.96. The Hall–Kier alpha value is -0.940. The van der Waals surface area contributed by atoms with Gasteiger partial charge in [-0.3, -0.25) is 0 Å². The summed E-state index contributed by atoms with van der Waals surface area (Å²) in [5.41, 5.74) is 5.67. The summed E-state index contributed by atoms with van der Waals surface area (Å²) in [6, 6.07) is 0.